The second-order valence-electron chi connectivity index (χ2n) is 6.72. The van der Waals surface area contributed by atoms with Crippen LogP contribution >= 0.6 is 11.8 Å². The number of rotatable bonds is 7. The minimum Gasteiger partial charge on any atom is -0.338 e. The van der Waals surface area contributed by atoms with Crippen LogP contribution in [0.2, 0.25) is 0 Å². The Balaban J connectivity index is 1.67. The fourth-order valence-corrected chi connectivity index (χ4v) is 3.71. The molecule has 0 aliphatic carbocycles. The highest BCUT2D eigenvalue weighted by Gasteiger charge is 2.14. The molecule has 0 N–H and O–H groups in total. The molecule has 28 heavy (non-hydrogen) atoms. The van der Waals surface area contributed by atoms with Gasteiger partial charge in [0.15, 0.2) is 5.82 Å². The molecule has 1 heterocycles. The molecular formula is C23H25N3OS. The molecule has 0 radical (unpaired) electrons. The van der Waals surface area contributed by atoms with E-state index < -0.39 is 0 Å². The Morgan fingerprint density at radius 1 is 1.00 bits per heavy atom. The van der Waals surface area contributed by atoms with Crippen molar-refractivity contribution in [3.05, 3.63) is 77.5 Å². The van der Waals surface area contributed by atoms with Gasteiger partial charge in [-0.15, -0.1) is 0 Å². The number of carbonyl (C=O) groups is 1. The summed E-state index contributed by atoms with van der Waals surface area (Å²) in [5, 5.41) is 0.826. The van der Waals surface area contributed by atoms with Gasteiger partial charge in [0.1, 0.15) is 5.03 Å². The van der Waals surface area contributed by atoms with E-state index in [1.807, 2.05) is 67.3 Å². The molecule has 0 saturated carbocycles. The molecule has 0 unspecified atom stereocenters. The number of aromatic nitrogens is 2. The molecule has 0 saturated heterocycles. The average Bonchev–Trinajstić information content (AvgIpc) is 2.71. The minimum absolute atomic E-state index is 0.115. The van der Waals surface area contributed by atoms with Crippen molar-refractivity contribution in [2.24, 2.45) is 0 Å². The third kappa shape index (κ3) is 5.42. The summed E-state index contributed by atoms with van der Waals surface area (Å²) < 4.78 is 0. The van der Waals surface area contributed by atoms with E-state index in [9.17, 15) is 4.79 Å². The Morgan fingerprint density at radius 3 is 2.39 bits per heavy atom. The lowest BCUT2D eigenvalue weighted by Crippen LogP contribution is -2.31. The molecule has 3 aromatic rings. The molecule has 0 aliphatic rings. The van der Waals surface area contributed by atoms with Crippen LogP contribution in [-0.2, 0) is 11.3 Å². The molecule has 0 fully saturated rings. The highest BCUT2D eigenvalue weighted by molar-refractivity contribution is 7.99. The van der Waals surface area contributed by atoms with Gasteiger partial charge < -0.3 is 4.90 Å². The van der Waals surface area contributed by atoms with Crippen molar-refractivity contribution in [2.75, 3.05) is 12.3 Å². The van der Waals surface area contributed by atoms with Crippen LogP contribution in [0.1, 0.15) is 23.7 Å². The Morgan fingerprint density at radius 2 is 1.71 bits per heavy atom. The van der Waals surface area contributed by atoms with Crippen LogP contribution in [0.3, 0.4) is 0 Å². The van der Waals surface area contributed by atoms with Gasteiger partial charge in [-0.2, -0.15) is 0 Å². The van der Waals surface area contributed by atoms with E-state index in [4.69, 9.17) is 0 Å². The number of nitrogens with zero attached hydrogens (tertiary/aromatic N) is 3. The molecule has 144 valence electrons. The van der Waals surface area contributed by atoms with E-state index in [1.54, 1.807) is 0 Å². The van der Waals surface area contributed by atoms with Gasteiger partial charge in [-0.05, 0) is 32.4 Å². The summed E-state index contributed by atoms with van der Waals surface area (Å²) in [6.07, 6.45) is 0. The zero-order valence-electron chi connectivity index (χ0n) is 16.6. The first-order valence-corrected chi connectivity index (χ1v) is 10.4. The molecule has 3 rings (SSSR count). The Kier molecular flexibility index (Phi) is 6.82. The van der Waals surface area contributed by atoms with Crippen LogP contribution in [0.5, 0.6) is 0 Å². The first-order valence-electron chi connectivity index (χ1n) is 9.42. The lowest BCUT2D eigenvalue weighted by atomic mass is 10.1. The number of aryl methyl sites for hydroxylation is 2. The lowest BCUT2D eigenvalue weighted by molar-refractivity contribution is -0.128. The van der Waals surface area contributed by atoms with E-state index in [1.165, 1.54) is 17.3 Å². The number of amides is 1. The summed E-state index contributed by atoms with van der Waals surface area (Å²) in [4.78, 5) is 23.8. The summed E-state index contributed by atoms with van der Waals surface area (Å²) in [6.45, 7) is 7.34. The van der Waals surface area contributed by atoms with E-state index in [2.05, 4.69) is 29.0 Å². The second-order valence-corrected chi connectivity index (χ2v) is 7.72. The van der Waals surface area contributed by atoms with Crippen molar-refractivity contribution in [3.8, 4) is 11.4 Å². The van der Waals surface area contributed by atoms with Crippen molar-refractivity contribution < 1.29 is 4.79 Å². The topological polar surface area (TPSA) is 46.1 Å². The van der Waals surface area contributed by atoms with Crippen LogP contribution in [0, 0.1) is 13.8 Å². The van der Waals surface area contributed by atoms with Gasteiger partial charge in [-0.3, -0.25) is 4.79 Å². The predicted molar refractivity (Wildman–Crippen MR) is 115 cm³/mol. The molecule has 0 spiro atoms. The second kappa shape index (κ2) is 9.51. The Hall–Kier alpha value is -2.66. The molecule has 1 aromatic heterocycles. The summed E-state index contributed by atoms with van der Waals surface area (Å²) in [7, 11) is 0. The van der Waals surface area contributed by atoms with E-state index >= 15 is 0 Å². The van der Waals surface area contributed by atoms with Crippen LogP contribution in [0.25, 0.3) is 11.4 Å². The van der Waals surface area contributed by atoms with Crippen molar-refractivity contribution in [1.82, 2.24) is 14.9 Å². The monoisotopic (exact) mass is 391 g/mol. The number of hydrogen-bond donors (Lipinski definition) is 0. The smallest absolute Gasteiger partial charge is 0.233 e. The van der Waals surface area contributed by atoms with E-state index in [-0.39, 0.29) is 5.91 Å². The van der Waals surface area contributed by atoms with E-state index in [0.717, 1.165) is 21.8 Å². The summed E-state index contributed by atoms with van der Waals surface area (Å²) in [5.74, 6) is 1.18. The highest BCUT2D eigenvalue weighted by atomic mass is 32.2. The van der Waals surface area contributed by atoms with E-state index in [0.29, 0.717) is 24.7 Å². The molecule has 2 aromatic carbocycles. The zero-order valence-corrected chi connectivity index (χ0v) is 17.4. The first-order chi connectivity index (χ1) is 13.5. The Bertz CT molecular complexity index is 926. The van der Waals surface area contributed by atoms with Crippen LogP contribution in [0.4, 0.5) is 0 Å². The average molecular weight is 392 g/mol. The van der Waals surface area contributed by atoms with Gasteiger partial charge in [0.25, 0.3) is 0 Å². The largest absolute Gasteiger partial charge is 0.338 e. The molecule has 0 bridgehead atoms. The maximum Gasteiger partial charge on any atom is 0.233 e. The molecule has 4 nitrogen and oxygen atoms in total. The summed E-state index contributed by atoms with van der Waals surface area (Å²) in [6, 6.07) is 20.2. The molecule has 0 atom stereocenters. The van der Waals surface area contributed by atoms with Crippen LogP contribution < -0.4 is 0 Å². The molecule has 1 amide bonds. The molecule has 0 aliphatic heterocycles. The summed E-state index contributed by atoms with van der Waals surface area (Å²) in [5.41, 5.74) is 4.23. The fourth-order valence-electron chi connectivity index (χ4n) is 2.85. The number of carbonyl (C=O) groups excluding carboxylic acids is 1. The van der Waals surface area contributed by atoms with Gasteiger partial charge in [0.2, 0.25) is 5.91 Å². The van der Waals surface area contributed by atoms with Crippen LogP contribution in [0.15, 0.2) is 65.7 Å². The maximum absolute atomic E-state index is 12.7. The fraction of sp³-hybridized carbons (Fsp3) is 0.261. The maximum atomic E-state index is 12.7. The third-order valence-corrected chi connectivity index (χ3v) is 5.33. The first kappa shape index (κ1) is 20.1. The van der Waals surface area contributed by atoms with Gasteiger partial charge in [-0.25, -0.2) is 9.97 Å². The quantitative estimate of drug-likeness (QED) is 0.424. The molecular weight excluding hydrogens is 366 g/mol. The van der Waals surface area contributed by atoms with Gasteiger partial charge >= 0.3 is 0 Å². The Labute approximate surface area is 171 Å². The van der Waals surface area contributed by atoms with Crippen molar-refractivity contribution in [3.63, 3.8) is 0 Å². The SMILES string of the molecule is CCN(Cc1ccccc1)C(=O)CSc1cc(C)nc(-c2ccc(C)cc2)n1. The van der Waals surface area contributed by atoms with Gasteiger partial charge in [-0.1, -0.05) is 71.9 Å². The minimum atomic E-state index is 0.115. The van der Waals surface area contributed by atoms with Crippen molar-refractivity contribution >= 4 is 17.7 Å². The van der Waals surface area contributed by atoms with Gasteiger partial charge in [0, 0.05) is 24.3 Å². The van der Waals surface area contributed by atoms with Crippen molar-refractivity contribution in [2.45, 2.75) is 32.3 Å². The highest BCUT2D eigenvalue weighted by Crippen LogP contribution is 2.22. The third-order valence-electron chi connectivity index (χ3n) is 4.43. The number of hydrogen-bond acceptors (Lipinski definition) is 4. The standard InChI is InChI=1S/C23H25N3OS/c1-4-26(15-19-8-6-5-7-9-19)22(27)16-28-21-14-18(3)24-23(25-21)20-12-10-17(2)11-13-20/h5-14H,4,15-16H2,1-3H3. The van der Waals surface area contributed by atoms with Crippen molar-refractivity contribution in [1.29, 1.82) is 0 Å². The molecule has 5 heteroatoms. The number of benzene rings is 2. The van der Waals surface area contributed by atoms with Gasteiger partial charge in [0.05, 0.1) is 5.75 Å². The predicted octanol–water partition coefficient (Wildman–Crippen LogP) is 4.90. The normalized spacial score (nSPS) is 10.7. The number of thioether (sulfide) groups is 1. The zero-order chi connectivity index (χ0) is 19.9. The van der Waals surface area contributed by atoms with Crippen LogP contribution in [-0.4, -0.2) is 33.1 Å². The summed E-state index contributed by atoms with van der Waals surface area (Å²) >= 11 is 1.47. The lowest BCUT2D eigenvalue weighted by Gasteiger charge is -2.20.